The summed E-state index contributed by atoms with van der Waals surface area (Å²) in [6.07, 6.45) is 3.10. The van der Waals surface area contributed by atoms with Gasteiger partial charge in [-0.25, -0.2) is 9.50 Å². The number of nitrogens with zero attached hydrogens (tertiary/aromatic N) is 3. The first kappa shape index (κ1) is 29.9. The lowest BCUT2D eigenvalue weighted by atomic mass is 9.83. The highest BCUT2D eigenvalue weighted by Gasteiger charge is 2.53. The highest BCUT2D eigenvalue weighted by molar-refractivity contribution is 5.65. The Kier molecular flexibility index (Phi) is 9.79. The molecule has 4 atom stereocenters. The average molecular weight is 579 g/mol. The number of aromatic nitrogens is 3. The second kappa shape index (κ2) is 14.1. The first-order valence-electron chi connectivity index (χ1n) is 13.9. The third-order valence-electron chi connectivity index (χ3n) is 7.21. The average Bonchev–Trinajstić information content (AvgIpc) is 3.49. The summed E-state index contributed by atoms with van der Waals surface area (Å²) in [6, 6.07) is 32.0. The van der Waals surface area contributed by atoms with E-state index >= 15 is 0 Å². The molecule has 1 unspecified atom stereocenters. The Balaban J connectivity index is 1.59. The van der Waals surface area contributed by atoms with Gasteiger partial charge in [-0.2, -0.15) is 5.10 Å². The van der Waals surface area contributed by atoms with Crippen LogP contribution in [0.5, 0.6) is 0 Å². The van der Waals surface area contributed by atoms with Crippen molar-refractivity contribution in [1.82, 2.24) is 14.6 Å². The molecule has 0 amide bonds. The minimum Gasteiger partial charge on any atom is -0.388 e. The topological polar surface area (TPSA) is 124 Å². The Morgan fingerprint density at radius 1 is 0.814 bits per heavy atom. The highest BCUT2D eigenvalue weighted by Crippen LogP contribution is 2.39. The van der Waals surface area contributed by atoms with E-state index in [0.717, 1.165) is 16.7 Å². The molecule has 9 nitrogen and oxygen atoms in total. The predicted octanol–water partition coefficient (Wildman–Crippen LogP) is 3.88. The van der Waals surface area contributed by atoms with E-state index in [-0.39, 0.29) is 32.2 Å². The standard InChI is InChI=1S/C34H34N4O5/c1-2-31(40)34(43-22-27-16-10-5-11-17-27,30-19-18-28-33(35)36-24-37-38(28)30)32(42-21-26-14-8-4-9-15-26)29(39)23-41-20-25-12-6-3-7-13-25/h1,3-19,24,29,31-32,39-40H,20-23H2,(H2,35,36,37)/t29-,31?,32-,34-/m1/s1. The van der Waals surface area contributed by atoms with Crippen molar-refractivity contribution in [2.75, 3.05) is 12.3 Å². The van der Waals surface area contributed by atoms with Crippen molar-refractivity contribution < 1.29 is 24.4 Å². The minimum atomic E-state index is -1.83. The highest BCUT2D eigenvalue weighted by atomic mass is 16.6. The summed E-state index contributed by atoms with van der Waals surface area (Å²) >= 11 is 0. The van der Waals surface area contributed by atoms with Crippen LogP contribution in [-0.2, 0) is 39.6 Å². The molecule has 2 heterocycles. The fourth-order valence-corrected chi connectivity index (χ4v) is 5.07. The van der Waals surface area contributed by atoms with E-state index < -0.39 is 23.9 Å². The van der Waals surface area contributed by atoms with Crippen LogP contribution in [0.15, 0.2) is 109 Å². The number of terminal acetylenes is 1. The zero-order chi connectivity index (χ0) is 30.1. The van der Waals surface area contributed by atoms with Crippen LogP contribution in [0.1, 0.15) is 22.4 Å². The molecule has 9 heteroatoms. The molecule has 220 valence electrons. The van der Waals surface area contributed by atoms with Crippen LogP contribution in [0.4, 0.5) is 5.82 Å². The van der Waals surface area contributed by atoms with Gasteiger partial charge < -0.3 is 30.2 Å². The van der Waals surface area contributed by atoms with Crippen LogP contribution in [-0.4, -0.2) is 49.7 Å². The molecule has 4 N–H and O–H groups in total. The molecule has 5 rings (SSSR count). The maximum atomic E-state index is 11.8. The molecule has 0 fully saturated rings. The van der Waals surface area contributed by atoms with Gasteiger partial charge in [0.1, 0.15) is 24.1 Å². The first-order valence-corrected chi connectivity index (χ1v) is 13.9. The van der Waals surface area contributed by atoms with E-state index in [0.29, 0.717) is 11.2 Å². The number of fused-ring (bicyclic) bond motifs is 1. The molecule has 0 spiro atoms. The molecule has 0 saturated heterocycles. The molecule has 43 heavy (non-hydrogen) atoms. The second-order valence-corrected chi connectivity index (χ2v) is 10.1. The number of rotatable bonds is 14. The summed E-state index contributed by atoms with van der Waals surface area (Å²) < 4.78 is 20.6. The maximum Gasteiger partial charge on any atom is 0.176 e. The van der Waals surface area contributed by atoms with Crippen molar-refractivity contribution in [3.05, 3.63) is 132 Å². The van der Waals surface area contributed by atoms with Crippen LogP contribution < -0.4 is 5.73 Å². The molecule has 0 aliphatic carbocycles. The minimum absolute atomic E-state index is 0.0379. The number of nitrogen functional groups attached to an aromatic ring is 1. The number of anilines is 1. The van der Waals surface area contributed by atoms with E-state index in [9.17, 15) is 10.2 Å². The lowest BCUT2D eigenvalue weighted by Gasteiger charge is -2.43. The van der Waals surface area contributed by atoms with Gasteiger partial charge in [0.25, 0.3) is 0 Å². The summed E-state index contributed by atoms with van der Waals surface area (Å²) in [5.41, 5.74) is 7.75. The monoisotopic (exact) mass is 578 g/mol. The molecule has 2 aromatic heterocycles. The van der Waals surface area contributed by atoms with Crippen molar-refractivity contribution in [1.29, 1.82) is 0 Å². The van der Waals surface area contributed by atoms with Gasteiger partial charge in [-0.05, 0) is 28.8 Å². The largest absolute Gasteiger partial charge is 0.388 e. The van der Waals surface area contributed by atoms with Gasteiger partial charge in [0.05, 0.1) is 32.1 Å². The van der Waals surface area contributed by atoms with Crippen LogP contribution in [0, 0.1) is 12.3 Å². The first-order chi connectivity index (χ1) is 21.0. The van der Waals surface area contributed by atoms with Gasteiger partial charge in [0.2, 0.25) is 0 Å². The molecule has 0 saturated carbocycles. The molecule has 3 aromatic carbocycles. The van der Waals surface area contributed by atoms with E-state index in [2.05, 4.69) is 16.0 Å². The van der Waals surface area contributed by atoms with Crippen LogP contribution in [0.25, 0.3) is 5.52 Å². The number of nitrogens with two attached hydrogens (primary N) is 1. The van der Waals surface area contributed by atoms with Crippen LogP contribution >= 0.6 is 0 Å². The van der Waals surface area contributed by atoms with Crippen molar-refractivity contribution in [3.63, 3.8) is 0 Å². The molecule has 0 radical (unpaired) electrons. The second-order valence-electron chi connectivity index (χ2n) is 10.1. The lowest BCUT2D eigenvalue weighted by molar-refractivity contribution is -0.234. The predicted molar refractivity (Wildman–Crippen MR) is 162 cm³/mol. The SMILES string of the molecule is C#CC(O)[C@](OCc1ccccc1)(c1ccc2c(N)ncnn12)[C@H](OCc1ccccc1)[C@H](O)COCc1ccccc1. The van der Waals surface area contributed by atoms with Gasteiger partial charge in [0, 0.05) is 0 Å². The van der Waals surface area contributed by atoms with E-state index in [1.807, 2.05) is 91.0 Å². The van der Waals surface area contributed by atoms with Gasteiger partial charge in [-0.3, -0.25) is 0 Å². The zero-order valence-corrected chi connectivity index (χ0v) is 23.6. The fraction of sp³-hybridized carbons (Fsp3) is 0.235. The summed E-state index contributed by atoms with van der Waals surface area (Å²) in [6.45, 7) is 0.255. The summed E-state index contributed by atoms with van der Waals surface area (Å²) in [5, 5.41) is 27.9. The van der Waals surface area contributed by atoms with E-state index in [1.54, 1.807) is 12.1 Å². The fourth-order valence-electron chi connectivity index (χ4n) is 5.07. The van der Waals surface area contributed by atoms with Gasteiger partial charge in [-0.1, -0.05) is 96.9 Å². The van der Waals surface area contributed by atoms with Gasteiger partial charge >= 0.3 is 0 Å². The number of ether oxygens (including phenoxy) is 3. The van der Waals surface area contributed by atoms with Gasteiger partial charge in [-0.15, -0.1) is 6.42 Å². The summed E-state index contributed by atoms with van der Waals surface area (Å²) in [7, 11) is 0. The smallest absolute Gasteiger partial charge is 0.176 e. The number of benzene rings is 3. The summed E-state index contributed by atoms with van der Waals surface area (Å²) in [4.78, 5) is 4.09. The Morgan fingerprint density at radius 3 is 2.00 bits per heavy atom. The van der Waals surface area contributed by atoms with Crippen LogP contribution in [0.3, 0.4) is 0 Å². The van der Waals surface area contributed by atoms with E-state index in [4.69, 9.17) is 26.4 Å². The van der Waals surface area contributed by atoms with Crippen molar-refractivity contribution in [2.45, 2.75) is 43.7 Å². The summed E-state index contributed by atoms with van der Waals surface area (Å²) in [5.74, 6) is 2.66. The third-order valence-corrected chi connectivity index (χ3v) is 7.21. The molecule has 0 aliphatic rings. The molecule has 0 aliphatic heterocycles. The Labute approximate surface area is 250 Å². The Bertz CT molecular complexity index is 1630. The van der Waals surface area contributed by atoms with Crippen LogP contribution in [0.2, 0.25) is 0 Å². The molecular formula is C34H34N4O5. The quantitative estimate of drug-likeness (QED) is 0.170. The Morgan fingerprint density at radius 2 is 1.40 bits per heavy atom. The van der Waals surface area contributed by atoms with Crippen molar-refractivity contribution >= 4 is 11.3 Å². The molecule has 5 aromatic rings. The normalized spacial score (nSPS) is 14.9. The molecular weight excluding hydrogens is 544 g/mol. The number of aliphatic hydroxyl groups excluding tert-OH is 2. The molecule has 0 bridgehead atoms. The van der Waals surface area contributed by atoms with Gasteiger partial charge in [0.15, 0.2) is 17.5 Å². The number of aliphatic hydroxyl groups is 2. The zero-order valence-electron chi connectivity index (χ0n) is 23.6. The number of hydrogen-bond acceptors (Lipinski definition) is 8. The third kappa shape index (κ3) is 6.75. The van der Waals surface area contributed by atoms with Crippen molar-refractivity contribution in [3.8, 4) is 12.3 Å². The van der Waals surface area contributed by atoms with E-state index in [1.165, 1.54) is 10.8 Å². The number of hydrogen-bond donors (Lipinski definition) is 3. The Hall–Kier alpha value is -4.56. The van der Waals surface area contributed by atoms with Crippen molar-refractivity contribution in [2.24, 2.45) is 0 Å². The lowest BCUT2D eigenvalue weighted by Crippen LogP contribution is -2.58. The maximum absolute atomic E-state index is 11.8.